The molecule has 1 amide bonds. The maximum absolute atomic E-state index is 12.5. The molecule has 25 heavy (non-hydrogen) atoms. The summed E-state index contributed by atoms with van der Waals surface area (Å²) in [6.07, 6.45) is 0. The highest BCUT2D eigenvalue weighted by Gasteiger charge is 2.15. The Morgan fingerprint density at radius 3 is 2.64 bits per heavy atom. The van der Waals surface area contributed by atoms with E-state index in [4.69, 9.17) is 11.6 Å². The number of hydrogen-bond acceptors (Lipinski definition) is 3. The molecule has 2 heterocycles. The van der Waals surface area contributed by atoms with Gasteiger partial charge in [0.15, 0.2) is 5.82 Å². The summed E-state index contributed by atoms with van der Waals surface area (Å²) in [4.78, 5) is 16.9. The molecule has 0 spiro atoms. The van der Waals surface area contributed by atoms with Crippen LogP contribution >= 0.6 is 11.6 Å². The van der Waals surface area contributed by atoms with Crippen LogP contribution in [0.3, 0.4) is 0 Å². The largest absolute Gasteiger partial charge is 0.347 e. The standard InChI is InChI=1S/C19H19ClN4O/c1-12-5-4-6-15(9-12)11-21-19(25)18-16(20)7-8-17(22-18)24-14(3)10-13(2)23-24/h4-10H,11H2,1-3H3,(H,21,25). The molecule has 0 aliphatic carbocycles. The van der Waals surface area contributed by atoms with Crippen molar-refractivity contribution in [3.8, 4) is 5.82 Å². The molecule has 2 aromatic heterocycles. The second kappa shape index (κ2) is 7.07. The molecule has 128 valence electrons. The Bertz CT molecular complexity index is 933. The first-order chi connectivity index (χ1) is 11.9. The number of amides is 1. The normalized spacial score (nSPS) is 10.7. The summed E-state index contributed by atoms with van der Waals surface area (Å²) in [5, 5.41) is 7.57. The lowest BCUT2D eigenvalue weighted by Crippen LogP contribution is -2.24. The van der Waals surface area contributed by atoms with E-state index in [2.05, 4.69) is 15.4 Å². The van der Waals surface area contributed by atoms with Crippen molar-refractivity contribution < 1.29 is 4.79 Å². The van der Waals surface area contributed by atoms with Crippen molar-refractivity contribution in [2.45, 2.75) is 27.3 Å². The maximum Gasteiger partial charge on any atom is 0.271 e. The van der Waals surface area contributed by atoms with E-state index < -0.39 is 0 Å². The van der Waals surface area contributed by atoms with E-state index in [0.717, 1.165) is 22.5 Å². The minimum absolute atomic E-state index is 0.194. The van der Waals surface area contributed by atoms with E-state index in [1.54, 1.807) is 16.8 Å². The van der Waals surface area contributed by atoms with E-state index >= 15 is 0 Å². The van der Waals surface area contributed by atoms with E-state index in [-0.39, 0.29) is 11.6 Å². The smallest absolute Gasteiger partial charge is 0.271 e. The first-order valence-electron chi connectivity index (χ1n) is 7.98. The summed E-state index contributed by atoms with van der Waals surface area (Å²) in [7, 11) is 0. The van der Waals surface area contributed by atoms with Crippen LogP contribution in [0.25, 0.3) is 5.82 Å². The molecule has 0 fully saturated rings. The van der Waals surface area contributed by atoms with E-state index in [0.29, 0.717) is 17.4 Å². The molecular weight excluding hydrogens is 336 g/mol. The minimum Gasteiger partial charge on any atom is -0.347 e. The van der Waals surface area contributed by atoms with Gasteiger partial charge in [0, 0.05) is 12.2 Å². The van der Waals surface area contributed by atoms with Gasteiger partial charge < -0.3 is 5.32 Å². The lowest BCUT2D eigenvalue weighted by molar-refractivity contribution is 0.0946. The van der Waals surface area contributed by atoms with E-state index in [1.807, 2.05) is 51.1 Å². The zero-order chi connectivity index (χ0) is 18.0. The third-order valence-corrected chi connectivity index (χ3v) is 4.11. The summed E-state index contributed by atoms with van der Waals surface area (Å²) in [6.45, 7) is 6.28. The van der Waals surface area contributed by atoms with Crippen LogP contribution in [0.5, 0.6) is 0 Å². The summed E-state index contributed by atoms with van der Waals surface area (Å²) in [6, 6.07) is 13.3. The third-order valence-electron chi connectivity index (χ3n) is 3.81. The zero-order valence-electron chi connectivity index (χ0n) is 14.4. The number of aryl methyl sites for hydroxylation is 3. The second-order valence-corrected chi connectivity index (χ2v) is 6.42. The number of carbonyl (C=O) groups excluding carboxylic acids is 1. The fraction of sp³-hybridized carbons (Fsp3) is 0.211. The van der Waals surface area contributed by atoms with Crippen molar-refractivity contribution in [3.05, 3.63) is 75.7 Å². The molecule has 3 rings (SSSR count). The van der Waals surface area contributed by atoms with Crippen molar-refractivity contribution >= 4 is 17.5 Å². The summed E-state index contributed by atoms with van der Waals surface area (Å²) >= 11 is 6.18. The lowest BCUT2D eigenvalue weighted by atomic mass is 10.1. The molecule has 3 aromatic rings. The molecule has 0 unspecified atom stereocenters. The first kappa shape index (κ1) is 17.2. The predicted octanol–water partition coefficient (Wildman–Crippen LogP) is 3.78. The maximum atomic E-state index is 12.5. The predicted molar refractivity (Wildman–Crippen MR) is 98.2 cm³/mol. The van der Waals surface area contributed by atoms with Crippen molar-refractivity contribution in [1.29, 1.82) is 0 Å². The van der Waals surface area contributed by atoms with Gasteiger partial charge >= 0.3 is 0 Å². The SMILES string of the molecule is Cc1cccc(CNC(=O)c2nc(-n3nc(C)cc3C)ccc2Cl)c1. The van der Waals surface area contributed by atoms with Gasteiger partial charge in [-0.3, -0.25) is 4.79 Å². The van der Waals surface area contributed by atoms with Crippen LogP contribution in [-0.2, 0) is 6.54 Å². The van der Waals surface area contributed by atoms with Crippen LogP contribution < -0.4 is 5.32 Å². The van der Waals surface area contributed by atoms with Crippen molar-refractivity contribution in [2.75, 3.05) is 0 Å². The summed E-state index contributed by atoms with van der Waals surface area (Å²) < 4.78 is 1.70. The second-order valence-electron chi connectivity index (χ2n) is 6.01. The molecule has 0 bridgehead atoms. The summed E-state index contributed by atoms with van der Waals surface area (Å²) in [5.41, 5.74) is 4.20. The Labute approximate surface area is 151 Å². The van der Waals surface area contributed by atoms with Gasteiger partial charge in [0.2, 0.25) is 0 Å². The third kappa shape index (κ3) is 3.88. The number of nitrogens with zero attached hydrogens (tertiary/aromatic N) is 3. The Morgan fingerprint density at radius 2 is 1.96 bits per heavy atom. The van der Waals surface area contributed by atoms with Crippen LogP contribution in [0.2, 0.25) is 5.02 Å². The number of rotatable bonds is 4. The Morgan fingerprint density at radius 1 is 1.16 bits per heavy atom. The molecule has 0 aliphatic rings. The Balaban J connectivity index is 1.82. The van der Waals surface area contributed by atoms with E-state index in [9.17, 15) is 4.79 Å². The average Bonchev–Trinajstić information content (AvgIpc) is 2.91. The van der Waals surface area contributed by atoms with Gasteiger partial charge in [-0.1, -0.05) is 41.4 Å². The number of hydrogen-bond donors (Lipinski definition) is 1. The minimum atomic E-state index is -0.310. The van der Waals surface area contributed by atoms with Crippen LogP contribution in [0.1, 0.15) is 33.0 Å². The van der Waals surface area contributed by atoms with Crippen LogP contribution in [0.15, 0.2) is 42.5 Å². The molecule has 0 aliphatic heterocycles. The van der Waals surface area contributed by atoms with Crippen LogP contribution in [0, 0.1) is 20.8 Å². The van der Waals surface area contributed by atoms with Crippen molar-refractivity contribution in [1.82, 2.24) is 20.1 Å². The van der Waals surface area contributed by atoms with Gasteiger partial charge in [-0.2, -0.15) is 5.10 Å². The molecule has 0 radical (unpaired) electrons. The lowest BCUT2D eigenvalue weighted by Gasteiger charge is -2.09. The van der Waals surface area contributed by atoms with Gasteiger partial charge in [-0.05, 0) is 44.5 Å². The average molecular weight is 355 g/mol. The number of aromatic nitrogens is 3. The molecule has 0 saturated heterocycles. The van der Waals surface area contributed by atoms with Gasteiger partial charge in [0.1, 0.15) is 5.69 Å². The van der Waals surface area contributed by atoms with Gasteiger partial charge in [0.05, 0.1) is 10.7 Å². The number of carbonyl (C=O) groups is 1. The monoisotopic (exact) mass is 354 g/mol. The molecule has 6 heteroatoms. The van der Waals surface area contributed by atoms with Gasteiger partial charge in [-0.25, -0.2) is 9.67 Å². The Kier molecular flexibility index (Phi) is 4.86. The number of halogens is 1. The van der Waals surface area contributed by atoms with E-state index in [1.165, 1.54) is 0 Å². The number of benzene rings is 1. The van der Waals surface area contributed by atoms with Gasteiger partial charge in [0.25, 0.3) is 5.91 Å². The fourth-order valence-electron chi connectivity index (χ4n) is 2.66. The molecule has 0 atom stereocenters. The highest BCUT2D eigenvalue weighted by molar-refractivity contribution is 6.33. The topological polar surface area (TPSA) is 59.8 Å². The Hall–Kier alpha value is -2.66. The number of nitrogens with one attached hydrogen (secondary N) is 1. The summed E-state index contributed by atoms with van der Waals surface area (Å²) in [5.74, 6) is 0.255. The molecule has 1 N–H and O–H groups in total. The zero-order valence-corrected chi connectivity index (χ0v) is 15.1. The van der Waals surface area contributed by atoms with Crippen LogP contribution in [-0.4, -0.2) is 20.7 Å². The molecule has 5 nitrogen and oxygen atoms in total. The highest BCUT2D eigenvalue weighted by atomic mass is 35.5. The first-order valence-corrected chi connectivity index (χ1v) is 8.36. The fourth-order valence-corrected chi connectivity index (χ4v) is 2.85. The highest BCUT2D eigenvalue weighted by Crippen LogP contribution is 2.18. The van der Waals surface area contributed by atoms with Crippen molar-refractivity contribution in [3.63, 3.8) is 0 Å². The molecular formula is C19H19ClN4O. The van der Waals surface area contributed by atoms with Crippen molar-refractivity contribution in [2.24, 2.45) is 0 Å². The quantitative estimate of drug-likeness (QED) is 0.775. The number of pyridine rings is 1. The van der Waals surface area contributed by atoms with Crippen LogP contribution in [0.4, 0.5) is 0 Å². The molecule has 1 aromatic carbocycles. The van der Waals surface area contributed by atoms with Gasteiger partial charge in [-0.15, -0.1) is 0 Å². The molecule has 0 saturated carbocycles.